The summed E-state index contributed by atoms with van der Waals surface area (Å²) >= 11 is 3.48. The van der Waals surface area contributed by atoms with E-state index in [0.717, 1.165) is 26.9 Å². The highest BCUT2D eigenvalue weighted by atomic mass is 79.9. The standard InChI is InChI=1S/C40H29BrN2O4/c41-29-22-19-26(20-23-29)36(44)34-35(38(45)47-37(27-12-3-1-4-13-27)28-14-5-2-6-15-28)43-32-18-10-7-11-25(32)21-24-33(43)40(34)30-16-8-9-17-31(30)42-39(40)46/h1-24,33-35,37H,(H,42,46)/t33-,34-,35+,40-/m1/s1. The van der Waals surface area contributed by atoms with Crippen molar-refractivity contribution in [2.75, 3.05) is 10.2 Å². The van der Waals surface area contributed by atoms with Gasteiger partial charge in [-0.3, -0.25) is 9.59 Å². The lowest BCUT2D eigenvalue weighted by molar-refractivity contribution is -0.150. The van der Waals surface area contributed by atoms with Crippen molar-refractivity contribution in [1.29, 1.82) is 0 Å². The van der Waals surface area contributed by atoms with E-state index in [4.69, 9.17) is 4.74 Å². The molecule has 0 saturated carbocycles. The molecule has 1 fully saturated rings. The SMILES string of the molecule is O=C(OC(c1ccccc1)c1ccccc1)[C@@H]1[C@H](C(=O)c2ccc(Br)cc2)[C@]2(C(=O)Nc3ccccc32)[C@H]2C=Cc3ccccc3N12. The molecular weight excluding hydrogens is 652 g/mol. The van der Waals surface area contributed by atoms with Gasteiger partial charge in [-0.15, -0.1) is 0 Å². The van der Waals surface area contributed by atoms with Crippen LogP contribution in [0.5, 0.6) is 0 Å². The van der Waals surface area contributed by atoms with Crippen LogP contribution in [0.25, 0.3) is 6.08 Å². The number of hydrogen-bond acceptors (Lipinski definition) is 5. The molecule has 3 heterocycles. The first kappa shape index (κ1) is 29.2. The van der Waals surface area contributed by atoms with Crippen LogP contribution in [0.2, 0.25) is 0 Å². The van der Waals surface area contributed by atoms with Crippen LogP contribution < -0.4 is 10.2 Å². The van der Waals surface area contributed by atoms with Crippen LogP contribution in [0.15, 0.2) is 144 Å². The second-order valence-corrected chi connectivity index (χ2v) is 13.0. The summed E-state index contributed by atoms with van der Waals surface area (Å²) in [5.41, 5.74) is 3.58. The molecule has 1 spiro atoms. The smallest absolute Gasteiger partial charge is 0.330 e. The first-order valence-electron chi connectivity index (χ1n) is 15.5. The van der Waals surface area contributed by atoms with Gasteiger partial charge in [-0.2, -0.15) is 0 Å². The van der Waals surface area contributed by atoms with Crippen LogP contribution in [0.3, 0.4) is 0 Å². The Labute approximate surface area is 280 Å². The number of benzene rings is 5. The summed E-state index contributed by atoms with van der Waals surface area (Å²) in [7, 11) is 0. The number of rotatable bonds is 6. The van der Waals surface area contributed by atoms with Crippen LogP contribution in [-0.4, -0.2) is 29.7 Å². The number of nitrogens with one attached hydrogen (secondary N) is 1. The lowest BCUT2D eigenvalue weighted by Crippen LogP contribution is -2.51. The third kappa shape index (κ3) is 4.56. The quantitative estimate of drug-likeness (QED) is 0.147. The zero-order valence-electron chi connectivity index (χ0n) is 25.1. The lowest BCUT2D eigenvalue weighted by Gasteiger charge is -2.37. The molecule has 0 unspecified atom stereocenters. The fraction of sp³-hybridized carbons (Fsp3) is 0.125. The number of carbonyl (C=O) groups is 3. The van der Waals surface area contributed by atoms with Crippen molar-refractivity contribution >= 4 is 51.0 Å². The number of carbonyl (C=O) groups excluding carboxylic acids is 3. The Morgan fingerprint density at radius 1 is 0.766 bits per heavy atom. The van der Waals surface area contributed by atoms with Gasteiger partial charge in [0.2, 0.25) is 5.91 Å². The molecule has 0 bridgehead atoms. The van der Waals surface area contributed by atoms with Gasteiger partial charge in [-0.25, -0.2) is 4.79 Å². The molecule has 0 radical (unpaired) electrons. The van der Waals surface area contributed by atoms with Crippen LogP contribution in [0.4, 0.5) is 11.4 Å². The third-order valence-corrected chi connectivity index (χ3v) is 10.2. The van der Waals surface area contributed by atoms with E-state index in [2.05, 4.69) is 21.2 Å². The van der Waals surface area contributed by atoms with Gasteiger partial charge >= 0.3 is 5.97 Å². The van der Waals surface area contributed by atoms with Crippen LogP contribution >= 0.6 is 15.9 Å². The molecule has 5 aromatic carbocycles. The van der Waals surface area contributed by atoms with Crippen molar-refractivity contribution in [2.24, 2.45) is 5.92 Å². The second-order valence-electron chi connectivity index (χ2n) is 12.1. The average Bonchev–Trinajstić information content (AvgIpc) is 3.60. The van der Waals surface area contributed by atoms with Gasteiger partial charge in [0.15, 0.2) is 11.9 Å². The molecule has 230 valence electrons. The van der Waals surface area contributed by atoms with E-state index >= 15 is 9.59 Å². The van der Waals surface area contributed by atoms with Crippen LogP contribution in [0, 0.1) is 5.92 Å². The lowest BCUT2D eigenvalue weighted by atomic mass is 9.64. The maximum Gasteiger partial charge on any atom is 0.330 e. The molecule has 7 heteroatoms. The van der Waals surface area contributed by atoms with Crippen molar-refractivity contribution in [1.82, 2.24) is 0 Å². The van der Waals surface area contributed by atoms with E-state index in [0.29, 0.717) is 16.8 Å². The Morgan fingerprint density at radius 2 is 1.38 bits per heavy atom. The molecule has 1 N–H and O–H groups in total. The number of amides is 1. The van der Waals surface area contributed by atoms with Gasteiger partial charge in [-0.05, 0) is 46.5 Å². The predicted molar refractivity (Wildman–Crippen MR) is 185 cm³/mol. The number of para-hydroxylation sites is 2. The van der Waals surface area contributed by atoms with Gasteiger partial charge in [0.1, 0.15) is 11.5 Å². The minimum atomic E-state index is -1.41. The fourth-order valence-electron chi connectivity index (χ4n) is 7.66. The first-order chi connectivity index (χ1) is 23.0. The normalized spacial score (nSPS) is 22.0. The highest BCUT2D eigenvalue weighted by Gasteiger charge is 2.71. The van der Waals surface area contributed by atoms with E-state index in [1.807, 2.05) is 126 Å². The summed E-state index contributed by atoms with van der Waals surface area (Å²) in [6.45, 7) is 0. The zero-order valence-corrected chi connectivity index (χ0v) is 26.7. The van der Waals surface area contributed by atoms with E-state index < -0.39 is 35.5 Å². The highest BCUT2D eigenvalue weighted by Crippen LogP contribution is 2.58. The molecular formula is C40H29BrN2O4. The zero-order chi connectivity index (χ0) is 32.1. The number of esters is 1. The molecule has 1 amide bonds. The Kier molecular flexibility index (Phi) is 7.14. The summed E-state index contributed by atoms with van der Waals surface area (Å²) < 4.78 is 7.35. The number of nitrogens with zero attached hydrogens (tertiary/aromatic N) is 1. The number of halogens is 1. The molecule has 8 rings (SSSR count). The highest BCUT2D eigenvalue weighted by molar-refractivity contribution is 9.10. The Balaban J connectivity index is 1.35. The molecule has 0 aromatic heterocycles. The minimum Gasteiger partial charge on any atom is -0.451 e. The Bertz CT molecular complexity index is 2010. The Morgan fingerprint density at radius 3 is 2.09 bits per heavy atom. The van der Waals surface area contributed by atoms with Crippen molar-refractivity contribution in [3.8, 4) is 0 Å². The minimum absolute atomic E-state index is 0.303. The third-order valence-electron chi connectivity index (χ3n) is 9.63. The number of fused-ring (bicyclic) bond motifs is 6. The predicted octanol–water partition coefficient (Wildman–Crippen LogP) is 7.76. The molecule has 47 heavy (non-hydrogen) atoms. The van der Waals surface area contributed by atoms with Gasteiger partial charge in [-0.1, -0.05) is 137 Å². The summed E-state index contributed by atoms with van der Waals surface area (Å²) in [5, 5.41) is 3.07. The average molecular weight is 682 g/mol. The number of hydrogen-bond donors (Lipinski definition) is 1. The summed E-state index contributed by atoms with van der Waals surface area (Å²) in [6, 6.07) is 39.7. The van der Waals surface area contributed by atoms with E-state index in [-0.39, 0.29) is 11.7 Å². The van der Waals surface area contributed by atoms with Crippen molar-refractivity contribution in [3.63, 3.8) is 0 Å². The van der Waals surface area contributed by atoms with E-state index in [1.54, 1.807) is 24.3 Å². The van der Waals surface area contributed by atoms with Crippen molar-refractivity contribution in [3.05, 3.63) is 172 Å². The van der Waals surface area contributed by atoms with E-state index in [9.17, 15) is 4.79 Å². The molecule has 6 nitrogen and oxygen atoms in total. The molecule has 1 saturated heterocycles. The maximum absolute atomic E-state index is 15.0. The summed E-state index contributed by atoms with van der Waals surface area (Å²) in [4.78, 5) is 46.6. The Hall–Kier alpha value is -5.27. The van der Waals surface area contributed by atoms with Gasteiger partial charge in [0.25, 0.3) is 0 Å². The number of ketones is 1. The summed E-state index contributed by atoms with van der Waals surface area (Å²) in [6.07, 6.45) is 3.21. The van der Waals surface area contributed by atoms with Crippen LogP contribution in [0.1, 0.15) is 38.7 Å². The topological polar surface area (TPSA) is 75.7 Å². The number of ether oxygens (including phenoxy) is 1. The first-order valence-corrected chi connectivity index (χ1v) is 16.3. The van der Waals surface area contributed by atoms with Gasteiger partial charge in [0.05, 0.1) is 12.0 Å². The largest absolute Gasteiger partial charge is 0.451 e. The molecule has 4 atom stereocenters. The maximum atomic E-state index is 15.0. The van der Waals surface area contributed by atoms with Crippen LogP contribution in [-0.2, 0) is 19.7 Å². The molecule has 3 aliphatic heterocycles. The fourth-order valence-corrected chi connectivity index (χ4v) is 7.92. The van der Waals surface area contributed by atoms with Crippen molar-refractivity contribution < 1.29 is 19.1 Å². The monoisotopic (exact) mass is 680 g/mol. The number of anilines is 2. The van der Waals surface area contributed by atoms with Gasteiger partial charge < -0.3 is 15.0 Å². The van der Waals surface area contributed by atoms with E-state index in [1.165, 1.54) is 0 Å². The number of Topliss-reactive ketones (excluding diaryl/α,β-unsaturated/α-hetero) is 1. The summed E-state index contributed by atoms with van der Waals surface area (Å²) in [5.74, 6) is -2.32. The second kappa shape index (κ2) is 11.5. The van der Waals surface area contributed by atoms with Crippen molar-refractivity contribution in [2.45, 2.75) is 23.6 Å². The molecule has 5 aromatic rings. The molecule has 0 aliphatic carbocycles. The van der Waals surface area contributed by atoms with Gasteiger partial charge in [0, 0.05) is 21.4 Å². The molecule has 3 aliphatic rings.